The third-order valence-electron chi connectivity index (χ3n) is 5.36. The molecule has 31 heavy (non-hydrogen) atoms. The minimum Gasteiger partial charge on any atom is -0.309 e. The van der Waals surface area contributed by atoms with Gasteiger partial charge in [-0.15, -0.1) is 10.2 Å². The number of azo groups is 1. The average molecular weight is 442 g/mol. The third-order valence-corrected chi connectivity index (χ3v) is 5.36. The van der Waals surface area contributed by atoms with Crippen molar-refractivity contribution in [3.05, 3.63) is 70.8 Å². The molecule has 0 spiro atoms. The van der Waals surface area contributed by atoms with Crippen molar-refractivity contribution < 1.29 is 31.0 Å². The van der Waals surface area contributed by atoms with E-state index < -0.39 is 23.7 Å². The highest BCUT2D eigenvalue weighted by Crippen LogP contribution is 2.52. The smallest absolute Gasteiger partial charge is 0.309 e. The van der Waals surface area contributed by atoms with Crippen LogP contribution in [-0.2, 0) is 24.4 Å². The van der Waals surface area contributed by atoms with E-state index >= 15 is 0 Å². The molecule has 2 aromatic carbocycles. The number of hydrogen-bond acceptors (Lipinski definition) is 4. The van der Waals surface area contributed by atoms with Gasteiger partial charge in [-0.05, 0) is 30.2 Å². The number of benzene rings is 2. The quantitative estimate of drug-likeness (QED) is 0.455. The average Bonchev–Trinajstić information content (AvgIpc) is 3.61. The zero-order chi connectivity index (χ0) is 22.5. The molecule has 5 nitrogen and oxygen atoms in total. The first kappa shape index (κ1) is 21.4. The van der Waals surface area contributed by atoms with Crippen molar-refractivity contribution in [3.8, 4) is 0 Å². The van der Waals surface area contributed by atoms with E-state index in [9.17, 15) is 26.3 Å². The Morgan fingerprint density at radius 1 is 0.774 bits per heavy atom. The maximum Gasteiger partial charge on any atom is 0.491 e. The van der Waals surface area contributed by atoms with Crippen molar-refractivity contribution in [1.29, 1.82) is 0 Å². The molecule has 2 aliphatic rings. The number of nitrogens with zero attached hydrogens (tertiary/aromatic N) is 4. The van der Waals surface area contributed by atoms with Gasteiger partial charge in [0.05, 0.1) is 10.7 Å². The summed E-state index contributed by atoms with van der Waals surface area (Å²) in [6.07, 6.45) is -9.06. The number of halogens is 6. The molecule has 2 heterocycles. The molecule has 0 aliphatic carbocycles. The maximum atomic E-state index is 13.5. The van der Waals surface area contributed by atoms with Crippen LogP contribution in [0.3, 0.4) is 0 Å². The Morgan fingerprint density at radius 3 is 1.61 bits per heavy atom. The minimum absolute atomic E-state index is 0.0375. The summed E-state index contributed by atoms with van der Waals surface area (Å²) in [6.45, 7) is 2.53. The van der Waals surface area contributed by atoms with Crippen LogP contribution in [0, 0.1) is 0 Å². The molecule has 0 aromatic heterocycles. The summed E-state index contributed by atoms with van der Waals surface area (Å²) in [4.78, 5) is 0. The lowest BCUT2D eigenvalue weighted by molar-refractivity contribution is -0.556. The normalized spacial score (nSPS) is 21.7. The summed E-state index contributed by atoms with van der Waals surface area (Å²) >= 11 is 0. The second-order valence-corrected chi connectivity index (χ2v) is 7.35. The number of nitrogens with one attached hydrogen (secondary N) is 1. The Bertz CT molecular complexity index is 1020. The fourth-order valence-electron chi connectivity index (χ4n) is 3.53. The second-order valence-electron chi connectivity index (χ2n) is 7.35. The zero-order valence-electron chi connectivity index (χ0n) is 16.3. The van der Waals surface area contributed by atoms with Crippen molar-refractivity contribution in [2.24, 2.45) is 15.3 Å². The molecule has 11 heteroatoms. The highest BCUT2D eigenvalue weighted by molar-refractivity contribution is 5.33. The van der Waals surface area contributed by atoms with Gasteiger partial charge in [-0.25, -0.2) is 0 Å². The molecule has 1 N–H and O–H groups in total. The summed E-state index contributed by atoms with van der Waals surface area (Å²) in [6, 6.07) is 11.8. The van der Waals surface area contributed by atoms with E-state index in [0.717, 1.165) is 15.8 Å². The molecule has 0 amide bonds. The summed E-state index contributed by atoms with van der Waals surface area (Å²) < 4.78 is 80.4. The van der Waals surface area contributed by atoms with Crippen LogP contribution in [0.15, 0.2) is 63.9 Å². The predicted octanol–water partition coefficient (Wildman–Crippen LogP) is 5.37. The number of hydrogen-bond donors (Lipinski definition) is 1. The van der Waals surface area contributed by atoms with Gasteiger partial charge in [0.25, 0.3) is 0 Å². The minimum atomic E-state index is -4.56. The lowest BCUT2D eigenvalue weighted by atomic mass is 10.0. The molecule has 2 aliphatic heterocycles. The molecule has 0 fully saturated rings. The number of rotatable bonds is 7. The predicted molar refractivity (Wildman–Crippen MR) is 97.0 cm³/mol. The molecule has 0 radical (unpaired) electrons. The first-order valence-electron chi connectivity index (χ1n) is 9.51. The van der Waals surface area contributed by atoms with Gasteiger partial charge in [-0.2, -0.15) is 26.3 Å². The fourth-order valence-corrected chi connectivity index (χ4v) is 3.53. The molecular weight excluding hydrogens is 424 g/mol. The standard InChI is InChI=1S/C20H18F6N5/c1-2-31-18(30-31,20(24,25)26)16-9-5-14(6-10-16)12-27-11-13-3-7-15(8-4-13)17(28-29-17)19(21,22)23/h3-10,27H,2,11-12H2,1H3/q+1. The van der Waals surface area contributed by atoms with E-state index in [1.165, 1.54) is 24.3 Å². The Hall–Kier alpha value is -2.82. The molecule has 0 bridgehead atoms. The Labute approximate surface area is 173 Å². The lowest BCUT2D eigenvalue weighted by Crippen LogP contribution is -2.36. The number of alkyl halides is 6. The molecule has 1 atom stereocenters. The van der Waals surface area contributed by atoms with Gasteiger partial charge in [0.2, 0.25) is 0 Å². The van der Waals surface area contributed by atoms with Crippen molar-refractivity contribution in [3.63, 3.8) is 0 Å². The van der Waals surface area contributed by atoms with E-state index in [4.69, 9.17) is 0 Å². The lowest BCUT2D eigenvalue weighted by Gasteiger charge is -2.15. The third kappa shape index (κ3) is 3.60. The molecule has 4 rings (SSSR count). The van der Waals surface area contributed by atoms with Gasteiger partial charge in [0.1, 0.15) is 0 Å². The second kappa shape index (κ2) is 7.11. The van der Waals surface area contributed by atoms with Crippen molar-refractivity contribution in [1.82, 2.24) is 5.32 Å². The Balaban J connectivity index is 1.34. The molecule has 0 saturated carbocycles. The van der Waals surface area contributed by atoms with E-state index in [2.05, 4.69) is 20.7 Å². The van der Waals surface area contributed by atoms with Gasteiger partial charge < -0.3 is 5.32 Å². The summed E-state index contributed by atoms with van der Waals surface area (Å²) in [5.41, 5.74) is -3.14. The van der Waals surface area contributed by atoms with E-state index in [-0.39, 0.29) is 17.7 Å². The molecule has 164 valence electrons. The van der Waals surface area contributed by atoms with E-state index in [1.807, 2.05) is 0 Å². The summed E-state index contributed by atoms with van der Waals surface area (Å²) in [5, 5.41) is 13.1. The highest BCUT2D eigenvalue weighted by atomic mass is 19.4. The van der Waals surface area contributed by atoms with Crippen LogP contribution < -0.4 is 5.32 Å². The van der Waals surface area contributed by atoms with Crippen LogP contribution in [0.1, 0.15) is 29.2 Å². The SMILES string of the molecule is CC[N+]1=NC1(c1ccc(CNCc2ccc(C3(C(F)(F)F)N=N3)cc2)cc1)C(F)(F)F. The van der Waals surface area contributed by atoms with Crippen LogP contribution in [0.4, 0.5) is 26.3 Å². The van der Waals surface area contributed by atoms with Gasteiger partial charge >= 0.3 is 23.7 Å². The van der Waals surface area contributed by atoms with Crippen LogP contribution in [0.2, 0.25) is 0 Å². The van der Waals surface area contributed by atoms with Crippen LogP contribution in [0.25, 0.3) is 0 Å². The first-order chi connectivity index (χ1) is 14.5. The van der Waals surface area contributed by atoms with Gasteiger partial charge in [0.15, 0.2) is 6.54 Å². The van der Waals surface area contributed by atoms with Crippen LogP contribution >= 0.6 is 0 Å². The molecular formula is C20H18F6N5+. The van der Waals surface area contributed by atoms with Crippen molar-refractivity contribution in [2.45, 2.75) is 43.7 Å². The van der Waals surface area contributed by atoms with E-state index in [1.54, 1.807) is 31.2 Å². The Morgan fingerprint density at radius 2 is 1.26 bits per heavy atom. The van der Waals surface area contributed by atoms with E-state index in [0.29, 0.717) is 13.1 Å². The highest BCUT2D eigenvalue weighted by Gasteiger charge is 2.78. The Kier molecular flexibility index (Phi) is 4.91. The molecule has 0 saturated heterocycles. The van der Waals surface area contributed by atoms with Crippen LogP contribution in [-0.4, -0.2) is 23.6 Å². The van der Waals surface area contributed by atoms with Gasteiger partial charge in [0, 0.05) is 18.7 Å². The summed E-state index contributed by atoms with van der Waals surface area (Å²) in [7, 11) is 0. The van der Waals surface area contributed by atoms with Crippen LogP contribution in [0.5, 0.6) is 0 Å². The fraction of sp³-hybridized carbons (Fsp3) is 0.400. The van der Waals surface area contributed by atoms with Crippen molar-refractivity contribution >= 4 is 0 Å². The summed E-state index contributed by atoms with van der Waals surface area (Å²) in [5.74, 6) is 0. The monoisotopic (exact) mass is 442 g/mol. The topological polar surface area (TPSA) is 52.1 Å². The first-order valence-corrected chi connectivity index (χ1v) is 9.51. The maximum absolute atomic E-state index is 13.5. The zero-order valence-corrected chi connectivity index (χ0v) is 16.3. The van der Waals surface area contributed by atoms with Gasteiger partial charge in [-0.3, -0.25) is 0 Å². The molecule has 2 aromatic rings. The molecule has 1 unspecified atom stereocenters. The van der Waals surface area contributed by atoms with Gasteiger partial charge in [-0.1, -0.05) is 41.1 Å². The van der Waals surface area contributed by atoms with Crippen molar-refractivity contribution in [2.75, 3.05) is 6.54 Å². The largest absolute Gasteiger partial charge is 0.491 e.